The van der Waals surface area contributed by atoms with Crippen LogP contribution in [0.5, 0.6) is 0 Å². The number of carbonyl (C=O) groups excluding carboxylic acids is 2. The first-order valence-electron chi connectivity index (χ1n) is 10.3. The Bertz CT molecular complexity index is 911. The van der Waals surface area contributed by atoms with Crippen LogP contribution in [0.4, 0.5) is 0 Å². The van der Waals surface area contributed by atoms with Crippen LogP contribution in [0.1, 0.15) is 53.3 Å². The molecule has 1 unspecified atom stereocenters. The maximum atomic E-state index is 12.7. The van der Waals surface area contributed by atoms with Crippen molar-refractivity contribution in [2.75, 3.05) is 27.2 Å². The lowest BCUT2D eigenvalue weighted by Crippen LogP contribution is -2.51. The van der Waals surface area contributed by atoms with E-state index in [-0.39, 0.29) is 23.3 Å². The van der Waals surface area contributed by atoms with Gasteiger partial charge in [0.15, 0.2) is 5.69 Å². The first kappa shape index (κ1) is 19.6. The minimum Gasteiger partial charge on any atom is -0.343 e. The normalized spacial score (nSPS) is 20.4. The third-order valence-electron chi connectivity index (χ3n) is 6.63. The summed E-state index contributed by atoms with van der Waals surface area (Å²) in [7, 11) is 3.44. The fourth-order valence-electron chi connectivity index (χ4n) is 4.74. The van der Waals surface area contributed by atoms with Crippen molar-refractivity contribution in [2.24, 2.45) is 5.41 Å². The number of rotatable bonds is 4. The summed E-state index contributed by atoms with van der Waals surface area (Å²) in [5.74, 6) is 0.0853. The molecule has 1 aromatic heterocycles. The van der Waals surface area contributed by atoms with Gasteiger partial charge in [-0.25, -0.2) is 4.68 Å². The largest absolute Gasteiger partial charge is 0.343 e. The van der Waals surface area contributed by atoms with Gasteiger partial charge in [-0.3, -0.25) is 9.59 Å². The lowest BCUT2D eigenvalue weighted by atomic mass is 9.59. The Kier molecular flexibility index (Phi) is 5.15. The molecule has 29 heavy (non-hydrogen) atoms. The summed E-state index contributed by atoms with van der Waals surface area (Å²) in [6.07, 6.45) is 6.41. The van der Waals surface area contributed by atoms with Gasteiger partial charge in [0.1, 0.15) is 0 Å². The number of hydrogen-bond acceptors (Lipinski definition) is 4. The van der Waals surface area contributed by atoms with Crippen LogP contribution in [0.25, 0.3) is 0 Å². The molecule has 0 N–H and O–H groups in total. The van der Waals surface area contributed by atoms with E-state index in [4.69, 9.17) is 0 Å². The van der Waals surface area contributed by atoms with Crippen LogP contribution >= 0.6 is 0 Å². The molecule has 7 heteroatoms. The minimum absolute atomic E-state index is 0.124. The Morgan fingerprint density at radius 1 is 1.21 bits per heavy atom. The number of carbonyl (C=O) groups is 2. The molecule has 7 nitrogen and oxygen atoms in total. The van der Waals surface area contributed by atoms with Gasteiger partial charge in [0.25, 0.3) is 5.91 Å². The number of aryl methyl sites for hydroxylation is 1. The lowest BCUT2D eigenvalue weighted by Gasteiger charge is -2.53. The topological polar surface area (TPSA) is 71.3 Å². The summed E-state index contributed by atoms with van der Waals surface area (Å²) in [6, 6.07) is 8.44. The van der Waals surface area contributed by atoms with E-state index >= 15 is 0 Å². The number of likely N-dealkylation sites (tertiary alicyclic amines) is 1. The van der Waals surface area contributed by atoms with Crippen molar-refractivity contribution < 1.29 is 9.59 Å². The van der Waals surface area contributed by atoms with Crippen molar-refractivity contribution >= 4 is 11.8 Å². The molecule has 4 rings (SSSR count). The van der Waals surface area contributed by atoms with E-state index in [1.165, 1.54) is 10.5 Å². The standard InChI is InChI=1S/C22H29N5O2/c1-16-5-4-6-17(13-16)14-20(28)26-11-9-22(10-12-26)8-7-19(22)27-15-18(23-24-27)21(29)25(2)3/h4-6,13,15,19H,7-12,14H2,1-3H3. The van der Waals surface area contributed by atoms with Gasteiger partial charge in [-0.2, -0.15) is 0 Å². The average Bonchev–Trinajstić information content (AvgIpc) is 3.15. The van der Waals surface area contributed by atoms with Crippen LogP contribution < -0.4 is 0 Å². The zero-order chi connectivity index (χ0) is 20.6. The molecule has 1 saturated heterocycles. The van der Waals surface area contributed by atoms with Crippen LogP contribution in [-0.4, -0.2) is 63.8 Å². The predicted octanol–water partition coefficient (Wildman–Crippen LogP) is 2.47. The lowest BCUT2D eigenvalue weighted by molar-refractivity contribution is -0.135. The SMILES string of the molecule is Cc1cccc(CC(=O)N2CCC3(CCC3n3cc(C(=O)N(C)C)nn3)CC2)c1. The Balaban J connectivity index is 1.37. The molecule has 0 bridgehead atoms. The van der Waals surface area contributed by atoms with Gasteiger partial charge in [-0.05, 0) is 43.6 Å². The predicted molar refractivity (Wildman–Crippen MR) is 109 cm³/mol. The second-order valence-corrected chi connectivity index (χ2v) is 8.75. The third-order valence-corrected chi connectivity index (χ3v) is 6.63. The number of piperidine rings is 1. The number of nitrogens with zero attached hydrogens (tertiary/aromatic N) is 5. The van der Waals surface area contributed by atoms with Gasteiger partial charge < -0.3 is 9.80 Å². The van der Waals surface area contributed by atoms with E-state index in [1.807, 2.05) is 21.7 Å². The van der Waals surface area contributed by atoms with Crippen LogP contribution in [0, 0.1) is 12.3 Å². The molecule has 1 atom stereocenters. The van der Waals surface area contributed by atoms with Crippen LogP contribution in [-0.2, 0) is 11.2 Å². The van der Waals surface area contributed by atoms with E-state index in [0.29, 0.717) is 12.1 Å². The highest BCUT2D eigenvalue weighted by Crippen LogP contribution is 2.56. The monoisotopic (exact) mass is 395 g/mol. The van der Waals surface area contributed by atoms with Gasteiger partial charge in [0.05, 0.1) is 18.7 Å². The van der Waals surface area contributed by atoms with Crippen LogP contribution in [0.15, 0.2) is 30.5 Å². The van der Waals surface area contributed by atoms with Gasteiger partial charge in [0, 0.05) is 27.2 Å². The molecule has 154 valence electrons. The Hall–Kier alpha value is -2.70. The zero-order valence-corrected chi connectivity index (χ0v) is 17.5. The van der Waals surface area contributed by atoms with Crippen molar-refractivity contribution in [1.29, 1.82) is 0 Å². The van der Waals surface area contributed by atoms with E-state index in [9.17, 15) is 9.59 Å². The third kappa shape index (κ3) is 3.78. The first-order valence-corrected chi connectivity index (χ1v) is 10.3. The smallest absolute Gasteiger partial charge is 0.275 e. The van der Waals surface area contributed by atoms with E-state index < -0.39 is 0 Å². The molecular formula is C22H29N5O2. The summed E-state index contributed by atoms with van der Waals surface area (Å²) < 4.78 is 1.88. The molecule has 2 aromatic rings. The summed E-state index contributed by atoms with van der Waals surface area (Å²) in [6.45, 7) is 3.63. The Morgan fingerprint density at radius 2 is 1.97 bits per heavy atom. The van der Waals surface area contributed by atoms with E-state index in [1.54, 1.807) is 20.3 Å². The number of amides is 2. The molecule has 2 amide bonds. The second kappa shape index (κ2) is 7.61. The summed E-state index contributed by atoms with van der Waals surface area (Å²) in [5.41, 5.74) is 2.83. The molecule has 1 spiro atoms. The van der Waals surface area contributed by atoms with Crippen molar-refractivity contribution in [3.05, 3.63) is 47.3 Å². The molecule has 2 heterocycles. The van der Waals surface area contributed by atoms with Gasteiger partial charge in [0.2, 0.25) is 5.91 Å². The van der Waals surface area contributed by atoms with E-state index in [0.717, 1.165) is 44.3 Å². The summed E-state index contributed by atoms with van der Waals surface area (Å²) in [4.78, 5) is 28.4. The highest BCUT2D eigenvalue weighted by molar-refractivity contribution is 5.91. The molecule has 2 fully saturated rings. The van der Waals surface area contributed by atoms with Crippen LogP contribution in [0.3, 0.4) is 0 Å². The second-order valence-electron chi connectivity index (χ2n) is 8.75. The molecule has 0 radical (unpaired) electrons. The number of aromatic nitrogens is 3. The highest BCUT2D eigenvalue weighted by atomic mass is 16.2. The average molecular weight is 396 g/mol. The maximum Gasteiger partial charge on any atom is 0.275 e. The molecule has 1 saturated carbocycles. The van der Waals surface area contributed by atoms with E-state index in [2.05, 4.69) is 29.4 Å². The van der Waals surface area contributed by atoms with Crippen molar-refractivity contribution in [3.63, 3.8) is 0 Å². The number of hydrogen-bond donors (Lipinski definition) is 0. The van der Waals surface area contributed by atoms with Crippen molar-refractivity contribution in [1.82, 2.24) is 24.8 Å². The molecule has 1 aliphatic heterocycles. The fourth-order valence-corrected chi connectivity index (χ4v) is 4.74. The Morgan fingerprint density at radius 3 is 2.59 bits per heavy atom. The fraction of sp³-hybridized carbons (Fsp3) is 0.545. The van der Waals surface area contributed by atoms with Gasteiger partial charge >= 0.3 is 0 Å². The minimum atomic E-state index is -0.124. The molecular weight excluding hydrogens is 366 g/mol. The first-order chi connectivity index (χ1) is 13.9. The molecule has 1 aromatic carbocycles. The number of benzene rings is 1. The van der Waals surface area contributed by atoms with Crippen molar-refractivity contribution in [2.45, 2.75) is 45.1 Å². The molecule has 1 aliphatic carbocycles. The van der Waals surface area contributed by atoms with Crippen molar-refractivity contribution in [3.8, 4) is 0 Å². The summed E-state index contributed by atoms with van der Waals surface area (Å²) in [5, 5.41) is 8.32. The maximum absolute atomic E-state index is 12.7. The van der Waals surface area contributed by atoms with Gasteiger partial charge in [-0.15, -0.1) is 5.10 Å². The zero-order valence-electron chi connectivity index (χ0n) is 17.5. The highest BCUT2D eigenvalue weighted by Gasteiger charge is 2.50. The summed E-state index contributed by atoms with van der Waals surface area (Å²) >= 11 is 0. The quantitative estimate of drug-likeness (QED) is 0.797. The van der Waals surface area contributed by atoms with Gasteiger partial charge in [-0.1, -0.05) is 35.0 Å². The Labute approximate surface area is 171 Å². The van der Waals surface area contributed by atoms with Crippen LogP contribution in [0.2, 0.25) is 0 Å². The molecule has 2 aliphatic rings.